The summed E-state index contributed by atoms with van der Waals surface area (Å²) in [4.78, 5) is 2.24. The summed E-state index contributed by atoms with van der Waals surface area (Å²) in [6, 6.07) is 0. The predicted molar refractivity (Wildman–Crippen MR) is 57.2 cm³/mol. The molecule has 0 spiro atoms. The first-order chi connectivity index (χ1) is 5.92. The fourth-order valence-electron chi connectivity index (χ4n) is 1.99. The number of hydrogen-bond donors (Lipinski definition) is 1. The van der Waals surface area contributed by atoms with Crippen molar-refractivity contribution in [2.24, 2.45) is 11.3 Å². The van der Waals surface area contributed by atoms with E-state index >= 15 is 0 Å². The van der Waals surface area contributed by atoms with Crippen LogP contribution in [0.4, 0.5) is 0 Å². The fraction of sp³-hybridized carbons (Fsp3) is 0.909. The Morgan fingerprint density at radius 3 is 2.46 bits per heavy atom. The second kappa shape index (κ2) is 3.69. The Balaban J connectivity index is 2.57. The third kappa shape index (κ3) is 2.71. The van der Waals surface area contributed by atoms with Crippen molar-refractivity contribution in [1.29, 1.82) is 5.41 Å². The number of amidine groups is 1. The average molecular weight is 182 g/mol. The molecule has 1 saturated heterocycles. The first-order valence-corrected chi connectivity index (χ1v) is 5.26. The van der Waals surface area contributed by atoms with E-state index in [1.54, 1.807) is 0 Å². The Hall–Kier alpha value is -0.530. The largest absolute Gasteiger partial charge is 0.360 e. The van der Waals surface area contributed by atoms with Crippen LogP contribution in [0.1, 0.15) is 40.5 Å². The normalized spacial score (nSPS) is 22.1. The van der Waals surface area contributed by atoms with Crippen LogP contribution in [0.3, 0.4) is 0 Å². The lowest BCUT2D eigenvalue weighted by molar-refractivity contribution is 0.173. The van der Waals surface area contributed by atoms with Crippen LogP contribution in [0.5, 0.6) is 0 Å². The van der Waals surface area contributed by atoms with Crippen molar-refractivity contribution in [3.05, 3.63) is 0 Å². The molecule has 0 aromatic carbocycles. The van der Waals surface area contributed by atoms with E-state index in [4.69, 9.17) is 5.41 Å². The smallest absolute Gasteiger partial charge is 0.0984 e. The molecule has 1 fully saturated rings. The third-order valence-electron chi connectivity index (χ3n) is 2.79. The van der Waals surface area contributed by atoms with E-state index in [9.17, 15) is 0 Å². The summed E-state index contributed by atoms with van der Waals surface area (Å²) >= 11 is 0. The molecule has 76 valence electrons. The van der Waals surface area contributed by atoms with Gasteiger partial charge in [0, 0.05) is 19.0 Å². The van der Waals surface area contributed by atoms with E-state index in [0.29, 0.717) is 11.3 Å². The van der Waals surface area contributed by atoms with Gasteiger partial charge in [0.25, 0.3) is 0 Å². The van der Waals surface area contributed by atoms with Crippen molar-refractivity contribution in [2.75, 3.05) is 13.1 Å². The van der Waals surface area contributed by atoms with Crippen molar-refractivity contribution in [3.63, 3.8) is 0 Å². The third-order valence-corrected chi connectivity index (χ3v) is 2.79. The minimum atomic E-state index is 0.369. The van der Waals surface area contributed by atoms with Crippen LogP contribution >= 0.6 is 0 Å². The van der Waals surface area contributed by atoms with Crippen LogP contribution in [0.15, 0.2) is 0 Å². The Bertz CT molecular complexity index is 194. The van der Waals surface area contributed by atoms with E-state index in [1.807, 2.05) is 0 Å². The number of piperidine rings is 1. The number of nitrogens with zero attached hydrogens (tertiary/aromatic N) is 1. The Morgan fingerprint density at radius 2 is 2.00 bits per heavy atom. The first-order valence-electron chi connectivity index (χ1n) is 5.26. The lowest BCUT2D eigenvalue weighted by Crippen LogP contribution is -2.44. The van der Waals surface area contributed by atoms with E-state index in [2.05, 4.69) is 32.6 Å². The van der Waals surface area contributed by atoms with Crippen LogP contribution in [-0.4, -0.2) is 23.8 Å². The summed E-state index contributed by atoms with van der Waals surface area (Å²) in [5, 5.41) is 7.94. The molecule has 0 saturated carbocycles. The summed E-state index contributed by atoms with van der Waals surface area (Å²) in [5.41, 5.74) is 0.402. The summed E-state index contributed by atoms with van der Waals surface area (Å²) in [6.07, 6.45) is 2.54. The molecule has 2 nitrogen and oxygen atoms in total. The lowest BCUT2D eigenvalue weighted by atomic mass is 9.84. The minimum absolute atomic E-state index is 0.369. The molecule has 0 bridgehead atoms. The highest BCUT2D eigenvalue weighted by Gasteiger charge is 2.28. The zero-order valence-electron chi connectivity index (χ0n) is 9.35. The molecule has 0 amide bonds. The zero-order valence-corrected chi connectivity index (χ0v) is 9.35. The van der Waals surface area contributed by atoms with Crippen molar-refractivity contribution in [2.45, 2.75) is 40.5 Å². The standard InChI is InChI=1S/C11H22N2/c1-9(2)10(12)13-7-5-6-11(3,4)8-13/h9,12H,5-8H2,1-4H3. The Morgan fingerprint density at radius 1 is 1.38 bits per heavy atom. The topological polar surface area (TPSA) is 27.1 Å². The predicted octanol–water partition coefficient (Wildman–Crippen LogP) is 2.74. The molecule has 0 atom stereocenters. The van der Waals surface area contributed by atoms with Gasteiger partial charge < -0.3 is 4.90 Å². The molecule has 0 aromatic heterocycles. The molecule has 1 aliphatic rings. The molecule has 0 aliphatic carbocycles. The van der Waals surface area contributed by atoms with Gasteiger partial charge in [-0.05, 0) is 18.3 Å². The fourth-order valence-corrected chi connectivity index (χ4v) is 1.99. The number of likely N-dealkylation sites (tertiary alicyclic amines) is 1. The van der Waals surface area contributed by atoms with Gasteiger partial charge in [0.2, 0.25) is 0 Å². The van der Waals surface area contributed by atoms with Crippen molar-refractivity contribution in [1.82, 2.24) is 4.90 Å². The van der Waals surface area contributed by atoms with Gasteiger partial charge >= 0.3 is 0 Å². The van der Waals surface area contributed by atoms with Crippen LogP contribution in [0.2, 0.25) is 0 Å². The molecule has 13 heavy (non-hydrogen) atoms. The van der Waals surface area contributed by atoms with E-state index in [1.165, 1.54) is 12.8 Å². The molecule has 1 N–H and O–H groups in total. The lowest BCUT2D eigenvalue weighted by Gasteiger charge is -2.40. The minimum Gasteiger partial charge on any atom is -0.360 e. The molecule has 1 aliphatic heterocycles. The van der Waals surface area contributed by atoms with Crippen molar-refractivity contribution >= 4 is 5.84 Å². The first kappa shape index (κ1) is 10.6. The van der Waals surface area contributed by atoms with Gasteiger partial charge in [0.1, 0.15) is 0 Å². The molecular formula is C11H22N2. The zero-order chi connectivity index (χ0) is 10.1. The van der Waals surface area contributed by atoms with E-state index in [-0.39, 0.29) is 0 Å². The summed E-state index contributed by atoms with van der Waals surface area (Å²) < 4.78 is 0. The average Bonchev–Trinajstić information content (AvgIpc) is 2.01. The van der Waals surface area contributed by atoms with Gasteiger partial charge in [-0.15, -0.1) is 0 Å². The Kier molecular flexibility index (Phi) is 2.99. The number of rotatable bonds is 1. The highest BCUT2D eigenvalue weighted by molar-refractivity contribution is 5.81. The van der Waals surface area contributed by atoms with Crippen LogP contribution < -0.4 is 0 Å². The van der Waals surface area contributed by atoms with Gasteiger partial charge in [-0.2, -0.15) is 0 Å². The maximum Gasteiger partial charge on any atom is 0.0984 e. The highest BCUT2D eigenvalue weighted by Crippen LogP contribution is 2.28. The molecule has 1 rings (SSSR count). The van der Waals surface area contributed by atoms with Gasteiger partial charge in [0.15, 0.2) is 0 Å². The molecule has 0 aromatic rings. The van der Waals surface area contributed by atoms with Gasteiger partial charge in [-0.1, -0.05) is 27.7 Å². The summed E-state index contributed by atoms with van der Waals surface area (Å²) in [5.74, 6) is 1.18. The van der Waals surface area contributed by atoms with E-state index < -0.39 is 0 Å². The van der Waals surface area contributed by atoms with Crippen molar-refractivity contribution < 1.29 is 0 Å². The van der Waals surface area contributed by atoms with Crippen molar-refractivity contribution in [3.8, 4) is 0 Å². The monoisotopic (exact) mass is 182 g/mol. The molecule has 0 unspecified atom stereocenters. The highest BCUT2D eigenvalue weighted by atomic mass is 15.2. The molecule has 1 heterocycles. The number of nitrogens with one attached hydrogen (secondary N) is 1. The van der Waals surface area contributed by atoms with Gasteiger partial charge in [-0.3, -0.25) is 5.41 Å². The second-order valence-corrected chi connectivity index (χ2v) is 5.23. The summed E-state index contributed by atoms with van der Waals surface area (Å²) in [6.45, 7) is 10.9. The van der Waals surface area contributed by atoms with Crippen LogP contribution in [0.25, 0.3) is 0 Å². The summed E-state index contributed by atoms with van der Waals surface area (Å²) in [7, 11) is 0. The van der Waals surface area contributed by atoms with Gasteiger partial charge in [0.05, 0.1) is 5.84 Å². The quantitative estimate of drug-likeness (QED) is 0.490. The maximum absolute atomic E-state index is 7.94. The van der Waals surface area contributed by atoms with Crippen LogP contribution in [0, 0.1) is 16.7 Å². The van der Waals surface area contributed by atoms with Crippen LogP contribution in [-0.2, 0) is 0 Å². The van der Waals surface area contributed by atoms with E-state index in [0.717, 1.165) is 18.9 Å². The second-order valence-electron chi connectivity index (χ2n) is 5.23. The molecule has 2 heteroatoms. The number of hydrogen-bond acceptors (Lipinski definition) is 1. The van der Waals surface area contributed by atoms with Gasteiger partial charge in [-0.25, -0.2) is 0 Å². The Labute approximate surface area is 81.8 Å². The molecule has 0 radical (unpaired) electrons. The maximum atomic E-state index is 7.94. The molecular weight excluding hydrogens is 160 g/mol. The SMILES string of the molecule is CC(C)C(=N)N1CCCC(C)(C)C1.